The molecule has 0 unspecified atom stereocenters. The lowest BCUT2D eigenvalue weighted by atomic mass is 9.75. The minimum atomic E-state index is -0.622. The molecule has 2 saturated heterocycles. The molecule has 0 bridgehead atoms. The fraction of sp³-hybridized carbons (Fsp3) is 0.579. The number of amides is 2. The van der Waals surface area contributed by atoms with Gasteiger partial charge in [0.15, 0.2) is 0 Å². The van der Waals surface area contributed by atoms with Crippen LogP contribution in [0.2, 0.25) is 0 Å². The van der Waals surface area contributed by atoms with E-state index in [-0.39, 0.29) is 17.7 Å². The third kappa shape index (κ3) is 3.12. The molecule has 0 aliphatic carbocycles. The van der Waals surface area contributed by atoms with Crippen molar-refractivity contribution in [2.45, 2.75) is 19.3 Å². The molecule has 0 radical (unpaired) electrons. The van der Waals surface area contributed by atoms with E-state index in [0.29, 0.717) is 38.5 Å². The molecule has 4 rings (SSSR count). The van der Waals surface area contributed by atoms with Crippen LogP contribution in [0.4, 0.5) is 0 Å². The first-order valence-electron chi connectivity index (χ1n) is 9.42. The molecule has 8 nitrogen and oxygen atoms in total. The van der Waals surface area contributed by atoms with Crippen LogP contribution in [-0.4, -0.2) is 76.0 Å². The second kappa shape index (κ2) is 7.29. The normalized spacial score (nSPS) is 24.7. The topological polar surface area (TPSA) is 80.6 Å². The summed E-state index contributed by atoms with van der Waals surface area (Å²) in [5, 5.41) is 2.65. The van der Waals surface area contributed by atoms with Gasteiger partial charge in [0.05, 0.1) is 29.1 Å². The van der Waals surface area contributed by atoms with E-state index < -0.39 is 5.41 Å². The summed E-state index contributed by atoms with van der Waals surface area (Å²) >= 11 is 1.46. The molecular weight excluding hydrogens is 378 g/mol. The fourth-order valence-electron chi connectivity index (χ4n) is 4.42. The highest BCUT2D eigenvalue weighted by Gasteiger charge is 2.58. The summed E-state index contributed by atoms with van der Waals surface area (Å²) in [6, 6.07) is 0. The molecule has 0 N–H and O–H groups in total. The fourth-order valence-corrected chi connectivity index (χ4v) is 5.01. The Balaban J connectivity index is 1.65. The van der Waals surface area contributed by atoms with Crippen molar-refractivity contribution in [3.63, 3.8) is 0 Å². The Kier molecular flexibility index (Phi) is 4.96. The summed E-state index contributed by atoms with van der Waals surface area (Å²) in [6.45, 7) is 4.55. The van der Waals surface area contributed by atoms with E-state index in [9.17, 15) is 9.59 Å². The van der Waals surface area contributed by atoms with Gasteiger partial charge in [0.1, 0.15) is 5.69 Å². The van der Waals surface area contributed by atoms with Gasteiger partial charge in [-0.1, -0.05) is 0 Å². The van der Waals surface area contributed by atoms with E-state index in [2.05, 4.69) is 9.97 Å². The number of imidazole rings is 1. The molecule has 2 aromatic rings. The molecule has 150 valence electrons. The first-order chi connectivity index (χ1) is 13.4. The SMILES string of the molecule is COCCN1CC[C@]2(CN(C(=O)c3csc(C)n3)C[C@@H]2c2cn(C)cn2)C1=O. The van der Waals surface area contributed by atoms with Gasteiger partial charge in [-0.15, -0.1) is 11.3 Å². The smallest absolute Gasteiger partial charge is 0.273 e. The Morgan fingerprint density at radius 3 is 2.93 bits per heavy atom. The lowest BCUT2D eigenvalue weighted by Gasteiger charge is -2.27. The second-order valence-corrected chi connectivity index (χ2v) is 8.71. The van der Waals surface area contributed by atoms with Crippen molar-refractivity contribution in [2.24, 2.45) is 12.5 Å². The predicted octanol–water partition coefficient (Wildman–Crippen LogP) is 1.29. The van der Waals surface area contributed by atoms with E-state index in [1.165, 1.54) is 11.3 Å². The van der Waals surface area contributed by atoms with Gasteiger partial charge in [0.2, 0.25) is 5.91 Å². The van der Waals surface area contributed by atoms with Crippen LogP contribution in [0.3, 0.4) is 0 Å². The van der Waals surface area contributed by atoms with Crippen LogP contribution in [0.5, 0.6) is 0 Å². The highest BCUT2D eigenvalue weighted by molar-refractivity contribution is 7.09. The van der Waals surface area contributed by atoms with E-state index in [0.717, 1.165) is 17.1 Å². The molecule has 0 aromatic carbocycles. The summed E-state index contributed by atoms with van der Waals surface area (Å²) in [7, 11) is 3.55. The Hall–Kier alpha value is -2.26. The minimum Gasteiger partial charge on any atom is -0.383 e. The highest BCUT2D eigenvalue weighted by atomic mass is 32.1. The van der Waals surface area contributed by atoms with Crippen molar-refractivity contribution in [3.8, 4) is 0 Å². The zero-order chi connectivity index (χ0) is 19.9. The number of aromatic nitrogens is 3. The molecule has 2 atom stereocenters. The van der Waals surface area contributed by atoms with Gasteiger partial charge in [-0.25, -0.2) is 9.97 Å². The van der Waals surface area contributed by atoms with Crippen molar-refractivity contribution >= 4 is 23.2 Å². The number of thiazole rings is 1. The number of rotatable bonds is 5. The van der Waals surface area contributed by atoms with Crippen LogP contribution in [0, 0.1) is 12.3 Å². The molecule has 2 fully saturated rings. The summed E-state index contributed by atoms with van der Waals surface area (Å²) in [4.78, 5) is 39.0. The zero-order valence-corrected chi connectivity index (χ0v) is 17.2. The quantitative estimate of drug-likeness (QED) is 0.752. The number of likely N-dealkylation sites (tertiary alicyclic amines) is 2. The molecule has 4 heterocycles. The summed E-state index contributed by atoms with van der Waals surface area (Å²) in [6.07, 6.45) is 4.43. The van der Waals surface area contributed by atoms with E-state index in [4.69, 9.17) is 4.74 Å². The molecule has 1 spiro atoms. The molecule has 28 heavy (non-hydrogen) atoms. The number of carbonyl (C=O) groups excluding carboxylic acids is 2. The van der Waals surface area contributed by atoms with Crippen LogP contribution in [0.1, 0.15) is 33.5 Å². The summed E-state index contributed by atoms with van der Waals surface area (Å²) in [5.41, 5.74) is 0.707. The Bertz CT molecular complexity index is 894. The van der Waals surface area contributed by atoms with Gasteiger partial charge in [-0.3, -0.25) is 9.59 Å². The average molecular weight is 404 g/mol. The predicted molar refractivity (Wildman–Crippen MR) is 104 cm³/mol. The van der Waals surface area contributed by atoms with Crippen LogP contribution < -0.4 is 0 Å². The van der Waals surface area contributed by atoms with Gasteiger partial charge in [-0.05, 0) is 13.3 Å². The maximum Gasteiger partial charge on any atom is 0.273 e. The number of carbonyl (C=O) groups is 2. The summed E-state index contributed by atoms with van der Waals surface area (Å²) < 4.78 is 7.04. The number of hydrogen-bond acceptors (Lipinski definition) is 6. The molecule has 2 aliphatic heterocycles. The van der Waals surface area contributed by atoms with Gasteiger partial charge in [0.25, 0.3) is 5.91 Å². The van der Waals surface area contributed by atoms with Gasteiger partial charge >= 0.3 is 0 Å². The molecule has 0 saturated carbocycles. The van der Waals surface area contributed by atoms with Crippen molar-refractivity contribution < 1.29 is 14.3 Å². The lowest BCUT2D eigenvalue weighted by molar-refractivity contribution is -0.136. The van der Waals surface area contributed by atoms with Crippen molar-refractivity contribution in [3.05, 3.63) is 34.3 Å². The highest BCUT2D eigenvalue weighted by Crippen LogP contribution is 2.49. The van der Waals surface area contributed by atoms with Crippen molar-refractivity contribution in [1.82, 2.24) is 24.3 Å². The van der Waals surface area contributed by atoms with Crippen LogP contribution in [0.25, 0.3) is 0 Å². The number of aryl methyl sites for hydroxylation is 2. The molecule has 9 heteroatoms. The Morgan fingerprint density at radius 2 is 2.29 bits per heavy atom. The van der Waals surface area contributed by atoms with E-state index >= 15 is 0 Å². The second-order valence-electron chi connectivity index (χ2n) is 7.65. The monoisotopic (exact) mass is 403 g/mol. The van der Waals surface area contributed by atoms with Crippen molar-refractivity contribution in [1.29, 1.82) is 0 Å². The van der Waals surface area contributed by atoms with Gasteiger partial charge < -0.3 is 19.1 Å². The molecule has 2 amide bonds. The lowest BCUT2D eigenvalue weighted by Crippen LogP contribution is -2.41. The Labute approximate surface area is 168 Å². The standard InChI is InChI=1S/C19H25N5O3S/c1-13-21-16(10-28-13)17(25)24-8-14(15-9-22(2)12-20-15)19(11-24)4-5-23(18(19)26)6-7-27-3/h9-10,12,14H,4-8,11H2,1-3H3/t14-,19-/m1/s1. The number of ether oxygens (including phenoxy) is 1. The maximum atomic E-state index is 13.4. The Morgan fingerprint density at radius 1 is 1.46 bits per heavy atom. The van der Waals surface area contributed by atoms with Crippen molar-refractivity contribution in [2.75, 3.05) is 39.9 Å². The van der Waals surface area contributed by atoms with E-state index in [1.807, 2.05) is 29.6 Å². The number of hydrogen-bond donors (Lipinski definition) is 0. The summed E-state index contributed by atoms with van der Waals surface area (Å²) in [5.74, 6) is -0.118. The first-order valence-corrected chi connectivity index (χ1v) is 10.3. The third-order valence-corrected chi connectivity index (χ3v) is 6.63. The van der Waals surface area contributed by atoms with Crippen LogP contribution >= 0.6 is 11.3 Å². The number of nitrogens with zero attached hydrogens (tertiary/aromatic N) is 5. The number of methoxy groups -OCH3 is 1. The third-order valence-electron chi connectivity index (χ3n) is 5.86. The molecular formula is C19H25N5O3S. The average Bonchev–Trinajstić information content (AvgIpc) is 3.43. The zero-order valence-electron chi connectivity index (χ0n) is 16.4. The molecule has 2 aromatic heterocycles. The maximum absolute atomic E-state index is 13.4. The largest absolute Gasteiger partial charge is 0.383 e. The van der Waals surface area contributed by atoms with Crippen LogP contribution in [0.15, 0.2) is 17.9 Å². The van der Waals surface area contributed by atoms with Gasteiger partial charge in [0, 0.05) is 57.8 Å². The minimum absolute atomic E-state index is 0.102. The first kappa shape index (κ1) is 19.1. The van der Waals surface area contributed by atoms with E-state index in [1.54, 1.807) is 23.7 Å². The van der Waals surface area contributed by atoms with Crippen LogP contribution in [-0.2, 0) is 16.6 Å². The van der Waals surface area contributed by atoms with Gasteiger partial charge in [-0.2, -0.15) is 0 Å². The molecule has 2 aliphatic rings.